The van der Waals surface area contributed by atoms with E-state index in [0.29, 0.717) is 0 Å². The third-order valence-corrected chi connectivity index (χ3v) is 3.64. The lowest BCUT2D eigenvalue weighted by molar-refractivity contribution is -0.0000137. The molecule has 20 heavy (non-hydrogen) atoms. The highest BCUT2D eigenvalue weighted by Gasteiger charge is 2.10. The quantitative estimate of drug-likeness (QED) is 0.490. The van der Waals surface area contributed by atoms with Crippen LogP contribution < -0.4 is 23.1 Å². The molecular formula is C17H40BrNO. The summed E-state index contributed by atoms with van der Waals surface area (Å²) in [6, 6.07) is 0. The maximum atomic E-state index is 9.58. The van der Waals surface area contributed by atoms with Crippen LogP contribution >= 0.6 is 0 Å². The molecule has 0 aliphatic heterocycles. The lowest BCUT2D eigenvalue weighted by Gasteiger charge is -2.16. The van der Waals surface area contributed by atoms with Crippen molar-refractivity contribution >= 4 is 0 Å². The molecular weight excluding hydrogens is 314 g/mol. The van der Waals surface area contributed by atoms with Crippen molar-refractivity contribution in [2.45, 2.75) is 110 Å². The highest BCUT2D eigenvalue weighted by atomic mass is 79.9. The Morgan fingerprint density at radius 1 is 0.650 bits per heavy atom. The molecule has 5 N–H and O–H groups in total. The number of quaternary nitrogens is 1. The molecule has 0 unspecified atom stereocenters. The van der Waals surface area contributed by atoms with E-state index in [9.17, 15) is 5.11 Å². The molecule has 0 heterocycles. The van der Waals surface area contributed by atoms with Gasteiger partial charge in [0.1, 0.15) is 0 Å². The largest absolute Gasteiger partial charge is 1.00 e. The first-order valence-electron chi connectivity index (χ1n) is 8.28. The Morgan fingerprint density at radius 2 is 0.950 bits per heavy atom. The molecule has 0 rings (SSSR count). The molecule has 126 valence electrons. The zero-order valence-corrected chi connectivity index (χ0v) is 16.1. The van der Waals surface area contributed by atoms with E-state index in [4.69, 9.17) is 0 Å². The van der Waals surface area contributed by atoms with E-state index in [2.05, 4.69) is 6.92 Å². The fraction of sp³-hybridized carbons (Fsp3) is 1.00. The summed E-state index contributed by atoms with van der Waals surface area (Å²) >= 11 is 0. The molecule has 0 bridgehead atoms. The number of rotatable bonds is 13. The van der Waals surface area contributed by atoms with Gasteiger partial charge in [-0.15, -0.1) is 0 Å². The van der Waals surface area contributed by atoms with Gasteiger partial charge in [-0.05, 0) is 20.3 Å². The van der Waals surface area contributed by atoms with Gasteiger partial charge in [-0.25, -0.2) is 0 Å². The second-order valence-electron chi connectivity index (χ2n) is 6.45. The van der Waals surface area contributed by atoms with Crippen LogP contribution in [0.5, 0.6) is 0 Å². The Balaban J connectivity index is -0.00000144. The zero-order chi connectivity index (χ0) is 13.7. The molecule has 0 aromatic rings. The number of hydrogen-bond donors (Lipinski definition) is 2. The van der Waals surface area contributed by atoms with Gasteiger partial charge in [0.25, 0.3) is 0 Å². The Kier molecular flexibility index (Phi) is 22.1. The van der Waals surface area contributed by atoms with Crippen LogP contribution in [0.1, 0.15) is 104 Å². The standard InChI is InChI=1S/C17H36O.BrH.H3N/c1-4-5-6-7-8-9-10-11-12-13-14-15-16-17(2,3)18;;/h18H,4-16H2,1-3H3;1H;1H3. The summed E-state index contributed by atoms with van der Waals surface area (Å²) in [6.07, 6.45) is 17.5. The van der Waals surface area contributed by atoms with Crippen molar-refractivity contribution in [3.63, 3.8) is 0 Å². The molecule has 0 saturated carbocycles. The molecule has 0 aromatic carbocycles. The fourth-order valence-electron chi connectivity index (χ4n) is 2.40. The molecule has 0 aliphatic rings. The summed E-state index contributed by atoms with van der Waals surface area (Å²) in [5.74, 6) is 0. The summed E-state index contributed by atoms with van der Waals surface area (Å²) in [5.41, 5.74) is -0.460. The predicted octanol–water partition coefficient (Wildman–Crippen LogP) is 3.23. The Morgan fingerprint density at radius 3 is 1.25 bits per heavy atom. The van der Waals surface area contributed by atoms with E-state index in [0.717, 1.165) is 6.42 Å². The van der Waals surface area contributed by atoms with E-state index in [1.54, 1.807) is 0 Å². The molecule has 0 spiro atoms. The highest BCUT2D eigenvalue weighted by molar-refractivity contribution is 4.64. The number of halogens is 1. The van der Waals surface area contributed by atoms with Crippen molar-refractivity contribution < 1.29 is 22.1 Å². The van der Waals surface area contributed by atoms with Crippen LogP contribution in [-0.2, 0) is 0 Å². The van der Waals surface area contributed by atoms with E-state index >= 15 is 0 Å². The number of hydrogen-bond acceptors (Lipinski definition) is 1. The molecule has 0 radical (unpaired) electrons. The summed E-state index contributed by atoms with van der Waals surface area (Å²) in [7, 11) is 0. The Bertz CT molecular complexity index is 169. The van der Waals surface area contributed by atoms with Crippen LogP contribution in [0.15, 0.2) is 0 Å². The molecule has 0 fully saturated rings. The molecule has 2 nitrogen and oxygen atoms in total. The highest BCUT2D eigenvalue weighted by Crippen LogP contribution is 2.15. The number of unbranched alkanes of at least 4 members (excludes halogenated alkanes) is 11. The van der Waals surface area contributed by atoms with Crippen LogP contribution in [-0.4, -0.2) is 10.7 Å². The minimum atomic E-state index is -0.460. The van der Waals surface area contributed by atoms with Crippen LogP contribution in [0.4, 0.5) is 0 Å². The van der Waals surface area contributed by atoms with Gasteiger partial charge in [0.15, 0.2) is 0 Å². The van der Waals surface area contributed by atoms with Crippen LogP contribution in [0.2, 0.25) is 0 Å². The topological polar surface area (TPSA) is 56.7 Å². The molecule has 0 amide bonds. The smallest absolute Gasteiger partial charge is 0.0591 e. The second kappa shape index (κ2) is 17.5. The summed E-state index contributed by atoms with van der Waals surface area (Å²) in [6.45, 7) is 6.09. The fourth-order valence-corrected chi connectivity index (χ4v) is 2.40. The van der Waals surface area contributed by atoms with Crippen molar-refractivity contribution in [2.24, 2.45) is 0 Å². The molecule has 3 heteroatoms. The third-order valence-electron chi connectivity index (χ3n) is 3.64. The van der Waals surface area contributed by atoms with Gasteiger partial charge in [0, 0.05) is 0 Å². The van der Waals surface area contributed by atoms with E-state index in [1.807, 2.05) is 13.8 Å². The van der Waals surface area contributed by atoms with E-state index < -0.39 is 5.60 Å². The van der Waals surface area contributed by atoms with Gasteiger partial charge in [0.05, 0.1) is 5.60 Å². The van der Waals surface area contributed by atoms with Gasteiger partial charge in [-0.3, -0.25) is 0 Å². The minimum absolute atomic E-state index is 0. The summed E-state index contributed by atoms with van der Waals surface area (Å²) in [5, 5.41) is 9.58. The monoisotopic (exact) mass is 353 g/mol. The molecule has 0 aromatic heterocycles. The first-order chi connectivity index (χ1) is 8.56. The second-order valence-corrected chi connectivity index (χ2v) is 6.45. The minimum Gasteiger partial charge on any atom is -1.00 e. The maximum Gasteiger partial charge on any atom is 0.0591 e. The number of aliphatic hydroxyl groups is 1. The van der Waals surface area contributed by atoms with Crippen LogP contribution in [0.3, 0.4) is 0 Å². The van der Waals surface area contributed by atoms with Crippen molar-refractivity contribution in [2.75, 3.05) is 0 Å². The van der Waals surface area contributed by atoms with Gasteiger partial charge < -0.3 is 28.2 Å². The average molecular weight is 354 g/mol. The lowest BCUT2D eigenvalue weighted by atomic mass is 9.99. The Hall–Kier alpha value is 0.400. The van der Waals surface area contributed by atoms with E-state index in [1.165, 1.54) is 77.0 Å². The SMILES string of the molecule is CCCCCCCCCCCCCCC(C)(C)O.[Br-].[NH4+]. The maximum absolute atomic E-state index is 9.58. The van der Waals surface area contributed by atoms with Gasteiger partial charge in [-0.2, -0.15) is 0 Å². The summed E-state index contributed by atoms with van der Waals surface area (Å²) in [4.78, 5) is 0. The van der Waals surface area contributed by atoms with Crippen molar-refractivity contribution in [1.29, 1.82) is 0 Å². The average Bonchev–Trinajstić information content (AvgIpc) is 2.29. The third kappa shape index (κ3) is 23.5. The van der Waals surface area contributed by atoms with E-state index in [-0.39, 0.29) is 23.1 Å². The van der Waals surface area contributed by atoms with Crippen molar-refractivity contribution in [3.8, 4) is 0 Å². The predicted molar refractivity (Wildman–Crippen MR) is 88.0 cm³/mol. The van der Waals surface area contributed by atoms with Gasteiger partial charge in [0.2, 0.25) is 0 Å². The van der Waals surface area contributed by atoms with Gasteiger partial charge in [-0.1, -0.05) is 84.0 Å². The van der Waals surface area contributed by atoms with Crippen molar-refractivity contribution in [1.82, 2.24) is 6.15 Å². The first-order valence-corrected chi connectivity index (χ1v) is 8.28. The molecule has 0 saturated heterocycles. The summed E-state index contributed by atoms with van der Waals surface area (Å²) < 4.78 is 0. The normalized spacial score (nSPS) is 10.8. The first kappa shape index (κ1) is 25.4. The molecule has 0 atom stereocenters. The zero-order valence-electron chi connectivity index (χ0n) is 14.5. The lowest BCUT2D eigenvalue weighted by Crippen LogP contribution is -3.00. The van der Waals surface area contributed by atoms with Crippen LogP contribution in [0, 0.1) is 0 Å². The Labute approximate surface area is 138 Å². The van der Waals surface area contributed by atoms with Gasteiger partial charge >= 0.3 is 0 Å². The van der Waals surface area contributed by atoms with Crippen molar-refractivity contribution in [3.05, 3.63) is 0 Å². The molecule has 0 aliphatic carbocycles. The van der Waals surface area contributed by atoms with Crippen LogP contribution in [0.25, 0.3) is 0 Å².